The van der Waals surface area contributed by atoms with Gasteiger partial charge in [0.25, 0.3) is 5.91 Å². The van der Waals surface area contributed by atoms with Gasteiger partial charge in [-0.25, -0.2) is 9.78 Å². The Bertz CT molecular complexity index is 841. The summed E-state index contributed by atoms with van der Waals surface area (Å²) in [5, 5.41) is 7.30. The number of benzene rings is 1. The zero-order valence-electron chi connectivity index (χ0n) is 14.9. The topological polar surface area (TPSA) is 117 Å². The summed E-state index contributed by atoms with van der Waals surface area (Å²) < 4.78 is 0. The van der Waals surface area contributed by atoms with Gasteiger partial charge in [0.05, 0.1) is 0 Å². The molecule has 0 radical (unpaired) electrons. The lowest BCUT2D eigenvalue weighted by Crippen LogP contribution is -2.41. The first-order valence-electron chi connectivity index (χ1n) is 8.61. The first kappa shape index (κ1) is 18.8. The molecule has 0 aliphatic carbocycles. The summed E-state index contributed by atoms with van der Waals surface area (Å²) in [5.41, 5.74) is 7.36. The number of carbonyl (C=O) groups is 3. The molecule has 2 heterocycles. The van der Waals surface area contributed by atoms with Crippen LogP contribution in [-0.2, 0) is 4.79 Å². The Hall–Kier alpha value is -2.94. The molecule has 0 spiro atoms. The number of thiazole rings is 1. The van der Waals surface area contributed by atoms with E-state index in [-0.39, 0.29) is 23.4 Å². The van der Waals surface area contributed by atoms with Crippen molar-refractivity contribution in [3.8, 4) is 0 Å². The minimum Gasteiger partial charge on any atom is -0.369 e. The molecule has 0 unspecified atom stereocenters. The van der Waals surface area contributed by atoms with Crippen LogP contribution < -0.4 is 16.4 Å². The second kappa shape index (κ2) is 8.17. The van der Waals surface area contributed by atoms with Crippen LogP contribution in [0.25, 0.3) is 0 Å². The molecule has 1 aromatic carbocycles. The first-order chi connectivity index (χ1) is 12.9. The van der Waals surface area contributed by atoms with E-state index < -0.39 is 6.03 Å². The number of carbonyl (C=O) groups excluding carboxylic acids is 3. The van der Waals surface area contributed by atoms with Crippen molar-refractivity contribution in [2.45, 2.75) is 19.8 Å². The van der Waals surface area contributed by atoms with E-state index in [9.17, 15) is 14.4 Å². The summed E-state index contributed by atoms with van der Waals surface area (Å²) >= 11 is 1.18. The van der Waals surface area contributed by atoms with Crippen molar-refractivity contribution in [2.75, 3.05) is 23.7 Å². The number of rotatable bonds is 4. The van der Waals surface area contributed by atoms with Gasteiger partial charge in [-0.2, -0.15) is 0 Å². The number of hydrogen-bond acceptors (Lipinski definition) is 5. The molecule has 2 aromatic rings. The van der Waals surface area contributed by atoms with E-state index in [1.807, 2.05) is 19.1 Å². The lowest BCUT2D eigenvalue weighted by Gasteiger charge is -2.29. The predicted molar refractivity (Wildman–Crippen MR) is 104 cm³/mol. The molecular weight excluding hydrogens is 366 g/mol. The maximum atomic E-state index is 12.5. The maximum Gasteiger partial charge on any atom is 0.325 e. The highest BCUT2D eigenvalue weighted by Crippen LogP contribution is 2.21. The van der Waals surface area contributed by atoms with Gasteiger partial charge in [-0.3, -0.25) is 14.9 Å². The minimum absolute atomic E-state index is 0.174. The number of aryl methyl sites for hydroxylation is 1. The molecule has 3 rings (SSSR count). The summed E-state index contributed by atoms with van der Waals surface area (Å²) in [7, 11) is 0. The fraction of sp³-hybridized carbons (Fsp3) is 0.333. The number of nitrogens with two attached hydrogens (primary N) is 1. The molecule has 1 aromatic heterocycles. The van der Waals surface area contributed by atoms with Gasteiger partial charge < -0.3 is 16.0 Å². The molecule has 27 heavy (non-hydrogen) atoms. The standard InChI is InChI=1S/C18H21N5O3S/c1-11-2-4-13(5-3-11)20-17(26)22-18-21-14(10-27-18)16(25)23-8-6-12(7-9-23)15(19)24/h2-5,10,12H,6-9H2,1H3,(H2,19,24)(H2,20,21,22,26). The number of aromatic nitrogens is 1. The number of hydrogen-bond donors (Lipinski definition) is 3. The van der Waals surface area contributed by atoms with Gasteiger partial charge in [0.1, 0.15) is 5.69 Å². The van der Waals surface area contributed by atoms with Crippen molar-refractivity contribution in [1.82, 2.24) is 9.88 Å². The Morgan fingerprint density at radius 2 is 1.81 bits per heavy atom. The van der Waals surface area contributed by atoms with Crippen LogP contribution in [0.1, 0.15) is 28.9 Å². The summed E-state index contributed by atoms with van der Waals surface area (Å²) in [6.07, 6.45) is 1.13. The number of amides is 4. The Morgan fingerprint density at radius 3 is 2.44 bits per heavy atom. The Morgan fingerprint density at radius 1 is 1.15 bits per heavy atom. The maximum absolute atomic E-state index is 12.5. The highest BCUT2D eigenvalue weighted by molar-refractivity contribution is 7.14. The third-order valence-corrected chi connectivity index (χ3v) is 5.20. The molecule has 9 heteroatoms. The van der Waals surface area contributed by atoms with Crippen LogP contribution in [0.4, 0.5) is 15.6 Å². The van der Waals surface area contributed by atoms with Crippen molar-refractivity contribution in [1.29, 1.82) is 0 Å². The van der Waals surface area contributed by atoms with E-state index in [1.165, 1.54) is 11.3 Å². The molecule has 0 bridgehead atoms. The molecule has 142 valence electrons. The monoisotopic (exact) mass is 387 g/mol. The van der Waals surface area contributed by atoms with Crippen molar-refractivity contribution in [2.24, 2.45) is 11.7 Å². The molecule has 1 fully saturated rings. The smallest absolute Gasteiger partial charge is 0.325 e. The number of primary amides is 1. The first-order valence-corrected chi connectivity index (χ1v) is 9.49. The molecule has 0 atom stereocenters. The molecule has 0 saturated carbocycles. The van der Waals surface area contributed by atoms with Gasteiger partial charge in [-0.1, -0.05) is 17.7 Å². The van der Waals surface area contributed by atoms with Gasteiger partial charge in [0, 0.05) is 30.1 Å². The van der Waals surface area contributed by atoms with Crippen LogP contribution in [0, 0.1) is 12.8 Å². The van der Waals surface area contributed by atoms with Gasteiger partial charge >= 0.3 is 6.03 Å². The number of urea groups is 1. The molecule has 4 N–H and O–H groups in total. The lowest BCUT2D eigenvalue weighted by atomic mass is 9.96. The second-order valence-electron chi connectivity index (χ2n) is 6.45. The van der Waals surface area contributed by atoms with Crippen molar-refractivity contribution in [3.63, 3.8) is 0 Å². The third-order valence-electron chi connectivity index (χ3n) is 4.44. The Kier molecular flexibility index (Phi) is 5.70. The summed E-state index contributed by atoms with van der Waals surface area (Å²) in [6, 6.07) is 6.99. The van der Waals surface area contributed by atoms with Crippen molar-refractivity contribution in [3.05, 3.63) is 40.9 Å². The minimum atomic E-state index is -0.422. The number of anilines is 2. The number of likely N-dealkylation sites (tertiary alicyclic amines) is 1. The summed E-state index contributed by atoms with van der Waals surface area (Å²) in [5.74, 6) is -0.699. The lowest BCUT2D eigenvalue weighted by molar-refractivity contribution is -0.123. The molecular formula is C18H21N5O3S. The molecule has 4 amide bonds. The summed E-state index contributed by atoms with van der Waals surface area (Å²) in [6.45, 7) is 2.91. The van der Waals surface area contributed by atoms with Crippen LogP contribution in [0.5, 0.6) is 0 Å². The molecule has 8 nitrogen and oxygen atoms in total. The average molecular weight is 387 g/mol. The third kappa shape index (κ3) is 4.82. The predicted octanol–water partition coefficient (Wildman–Crippen LogP) is 2.43. The van der Waals surface area contributed by atoms with Crippen LogP contribution in [0.2, 0.25) is 0 Å². The number of nitrogens with zero attached hydrogens (tertiary/aromatic N) is 2. The molecule has 1 saturated heterocycles. The van der Waals surface area contributed by atoms with Gasteiger partial charge in [0.15, 0.2) is 5.13 Å². The SMILES string of the molecule is Cc1ccc(NC(=O)Nc2nc(C(=O)N3CCC(C(N)=O)CC3)cs2)cc1. The quantitative estimate of drug-likeness (QED) is 0.747. The zero-order chi connectivity index (χ0) is 19.4. The second-order valence-corrected chi connectivity index (χ2v) is 7.31. The van der Waals surface area contributed by atoms with E-state index in [1.54, 1.807) is 22.4 Å². The number of piperidine rings is 1. The fourth-order valence-corrected chi connectivity index (χ4v) is 3.53. The van der Waals surface area contributed by atoms with E-state index >= 15 is 0 Å². The van der Waals surface area contributed by atoms with Crippen LogP contribution in [0.15, 0.2) is 29.6 Å². The van der Waals surface area contributed by atoms with E-state index in [0.717, 1.165) is 5.56 Å². The molecule has 1 aliphatic rings. The van der Waals surface area contributed by atoms with Gasteiger partial charge in [-0.15, -0.1) is 11.3 Å². The van der Waals surface area contributed by atoms with Crippen LogP contribution >= 0.6 is 11.3 Å². The zero-order valence-corrected chi connectivity index (χ0v) is 15.7. The average Bonchev–Trinajstić information content (AvgIpc) is 3.11. The van der Waals surface area contributed by atoms with Gasteiger partial charge in [0.2, 0.25) is 5.91 Å². The van der Waals surface area contributed by atoms with Crippen LogP contribution in [-0.4, -0.2) is 40.8 Å². The van der Waals surface area contributed by atoms with Crippen molar-refractivity contribution >= 4 is 40.0 Å². The fourth-order valence-electron chi connectivity index (χ4n) is 2.85. The Labute approximate surface area is 160 Å². The van der Waals surface area contributed by atoms with Gasteiger partial charge in [-0.05, 0) is 31.9 Å². The van der Waals surface area contributed by atoms with E-state index in [2.05, 4.69) is 15.6 Å². The van der Waals surface area contributed by atoms with Crippen molar-refractivity contribution < 1.29 is 14.4 Å². The largest absolute Gasteiger partial charge is 0.369 e. The summed E-state index contributed by atoms with van der Waals surface area (Å²) in [4.78, 5) is 41.6. The Balaban J connectivity index is 1.54. The van der Waals surface area contributed by atoms with Crippen LogP contribution in [0.3, 0.4) is 0 Å². The normalized spacial score (nSPS) is 14.6. The van der Waals surface area contributed by atoms with E-state index in [0.29, 0.717) is 36.8 Å². The number of nitrogens with one attached hydrogen (secondary N) is 2. The highest BCUT2D eigenvalue weighted by Gasteiger charge is 2.27. The van der Waals surface area contributed by atoms with E-state index in [4.69, 9.17) is 5.73 Å². The highest BCUT2D eigenvalue weighted by atomic mass is 32.1. The molecule has 1 aliphatic heterocycles.